The van der Waals surface area contributed by atoms with Crippen LogP contribution in [0.2, 0.25) is 0 Å². The summed E-state index contributed by atoms with van der Waals surface area (Å²) in [6.45, 7) is 2.22. The van der Waals surface area contributed by atoms with Crippen molar-refractivity contribution in [3.05, 3.63) is 0 Å². The second-order valence-electron chi connectivity index (χ2n) is 4.65. The number of hydrogen-bond acceptors (Lipinski definition) is 2. The fourth-order valence-electron chi connectivity index (χ4n) is 1.88. The molecule has 0 saturated carbocycles. The van der Waals surface area contributed by atoms with Crippen LogP contribution in [-0.4, -0.2) is 11.0 Å². The van der Waals surface area contributed by atoms with Gasteiger partial charge in [0.1, 0.15) is 5.78 Å². The molecule has 0 aliphatic rings. The molecule has 0 aromatic carbocycles. The van der Waals surface area contributed by atoms with E-state index in [0.717, 1.165) is 12.8 Å². The minimum absolute atomic E-state index is 0.0204. The van der Waals surface area contributed by atoms with Crippen LogP contribution in [0.4, 0.5) is 0 Å². The number of carbonyl (C=O) groups excluding carboxylic acids is 2. The van der Waals surface area contributed by atoms with Crippen LogP contribution in [0.1, 0.15) is 77.6 Å². The van der Waals surface area contributed by atoms with E-state index in [4.69, 9.17) is 11.6 Å². The summed E-state index contributed by atoms with van der Waals surface area (Å²) in [6, 6.07) is 0. The molecule has 0 unspecified atom stereocenters. The molecule has 0 saturated heterocycles. The van der Waals surface area contributed by atoms with Crippen molar-refractivity contribution in [1.82, 2.24) is 0 Å². The van der Waals surface area contributed by atoms with Gasteiger partial charge in [-0.2, -0.15) is 0 Å². The molecule has 0 heterocycles. The molecule has 0 atom stereocenters. The number of rotatable bonds is 12. The van der Waals surface area contributed by atoms with Crippen LogP contribution in [-0.2, 0) is 9.59 Å². The van der Waals surface area contributed by atoms with Crippen molar-refractivity contribution in [3.63, 3.8) is 0 Å². The quantitative estimate of drug-likeness (QED) is 0.291. The second-order valence-corrected chi connectivity index (χ2v) is 5.07. The Morgan fingerprint density at radius 2 is 1.29 bits per heavy atom. The second kappa shape index (κ2) is 12.1. The normalized spacial score (nSPS) is 10.5. The molecule has 3 heteroatoms. The predicted molar refractivity (Wildman–Crippen MR) is 72.3 cm³/mol. The zero-order chi connectivity index (χ0) is 12.9. The van der Waals surface area contributed by atoms with Crippen LogP contribution in [0.25, 0.3) is 0 Å². The van der Waals surface area contributed by atoms with Crippen molar-refractivity contribution >= 4 is 22.6 Å². The van der Waals surface area contributed by atoms with Gasteiger partial charge < -0.3 is 0 Å². The maximum atomic E-state index is 11.2. The highest BCUT2D eigenvalue weighted by molar-refractivity contribution is 6.64. The maximum absolute atomic E-state index is 11.2. The topological polar surface area (TPSA) is 34.1 Å². The summed E-state index contributed by atoms with van der Waals surface area (Å²) in [7, 11) is 0. The molecular formula is C14H25ClO2. The van der Waals surface area contributed by atoms with Gasteiger partial charge in [-0.3, -0.25) is 9.59 Å². The number of halogens is 1. The first-order valence-electron chi connectivity index (χ1n) is 6.86. The number of ketones is 1. The molecule has 0 aliphatic heterocycles. The number of carbonyl (C=O) groups is 2. The highest BCUT2D eigenvalue weighted by Gasteiger charge is 2.05. The van der Waals surface area contributed by atoms with E-state index in [2.05, 4.69) is 6.92 Å². The summed E-state index contributed by atoms with van der Waals surface area (Å²) < 4.78 is 0. The van der Waals surface area contributed by atoms with Crippen molar-refractivity contribution in [3.8, 4) is 0 Å². The van der Waals surface area contributed by atoms with Crippen molar-refractivity contribution in [2.45, 2.75) is 77.6 Å². The van der Waals surface area contributed by atoms with E-state index < -0.39 is 5.24 Å². The Balaban J connectivity index is 3.13. The first-order chi connectivity index (χ1) is 8.16. The molecule has 0 bridgehead atoms. The van der Waals surface area contributed by atoms with Gasteiger partial charge in [-0.15, -0.1) is 0 Å². The SMILES string of the molecule is CCCCCCCCCCCC(=O)CC(=O)Cl. The Morgan fingerprint density at radius 1 is 0.824 bits per heavy atom. The summed E-state index contributed by atoms with van der Waals surface area (Å²) in [5, 5.41) is -0.536. The smallest absolute Gasteiger partial charge is 0.229 e. The molecule has 0 fully saturated rings. The third kappa shape index (κ3) is 13.6. The van der Waals surface area contributed by atoms with Gasteiger partial charge in [-0.25, -0.2) is 0 Å². The number of Topliss-reactive ketones (excluding diaryl/α,β-unsaturated/α-hetero) is 1. The average molecular weight is 261 g/mol. The van der Waals surface area contributed by atoms with E-state index in [1.165, 1.54) is 44.9 Å². The summed E-state index contributed by atoms with van der Waals surface area (Å²) in [6.07, 6.45) is 11.5. The van der Waals surface area contributed by atoms with Gasteiger partial charge >= 0.3 is 0 Å². The molecule has 17 heavy (non-hydrogen) atoms. The van der Waals surface area contributed by atoms with Crippen LogP contribution in [0.3, 0.4) is 0 Å². The Morgan fingerprint density at radius 3 is 1.76 bits per heavy atom. The molecule has 0 aromatic rings. The lowest BCUT2D eigenvalue weighted by Crippen LogP contribution is -2.02. The van der Waals surface area contributed by atoms with Gasteiger partial charge in [0.05, 0.1) is 6.42 Å². The lowest BCUT2D eigenvalue weighted by atomic mass is 10.1. The Bertz CT molecular complexity index is 214. The van der Waals surface area contributed by atoms with Gasteiger partial charge in [-0.1, -0.05) is 58.3 Å². The summed E-state index contributed by atoms with van der Waals surface area (Å²) >= 11 is 5.14. The zero-order valence-corrected chi connectivity index (χ0v) is 11.7. The minimum Gasteiger partial charge on any atom is -0.299 e. The Hall–Kier alpha value is -0.370. The maximum Gasteiger partial charge on any atom is 0.229 e. The lowest BCUT2D eigenvalue weighted by molar-refractivity contribution is -0.123. The molecule has 0 N–H and O–H groups in total. The van der Waals surface area contributed by atoms with Gasteiger partial charge in [0, 0.05) is 6.42 Å². The zero-order valence-electron chi connectivity index (χ0n) is 11.0. The summed E-state index contributed by atoms with van der Waals surface area (Å²) in [5.41, 5.74) is 0. The van der Waals surface area contributed by atoms with E-state index in [9.17, 15) is 9.59 Å². The highest BCUT2D eigenvalue weighted by atomic mass is 35.5. The molecular weight excluding hydrogens is 236 g/mol. The van der Waals surface area contributed by atoms with Crippen molar-refractivity contribution in [2.75, 3.05) is 0 Å². The van der Waals surface area contributed by atoms with E-state index in [-0.39, 0.29) is 12.2 Å². The van der Waals surface area contributed by atoms with Crippen molar-refractivity contribution in [2.24, 2.45) is 0 Å². The minimum atomic E-state index is -0.536. The van der Waals surface area contributed by atoms with Crippen LogP contribution in [0, 0.1) is 0 Å². The number of hydrogen-bond donors (Lipinski definition) is 0. The van der Waals surface area contributed by atoms with Gasteiger partial charge in [0.2, 0.25) is 5.24 Å². The molecule has 0 rings (SSSR count). The standard InChI is InChI=1S/C14H25ClO2/c1-2-3-4-5-6-7-8-9-10-11-13(16)12-14(15)17/h2-12H2,1H3. The van der Waals surface area contributed by atoms with Gasteiger partial charge in [0.25, 0.3) is 0 Å². The number of unbranched alkanes of at least 4 members (excludes halogenated alkanes) is 8. The van der Waals surface area contributed by atoms with E-state index in [0.29, 0.717) is 6.42 Å². The van der Waals surface area contributed by atoms with Crippen LogP contribution < -0.4 is 0 Å². The van der Waals surface area contributed by atoms with E-state index in [1.807, 2.05) is 0 Å². The molecule has 2 nitrogen and oxygen atoms in total. The van der Waals surface area contributed by atoms with Gasteiger partial charge in [0.15, 0.2) is 0 Å². The molecule has 100 valence electrons. The Labute approximate surface area is 110 Å². The summed E-state index contributed by atoms with van der Waals surface area (Å²) in [5.74, 6) is -0.0204. The fraction of sp³-hybridized carbons (Fsp3) is 0.857. The van der Waals surface area contributed by atoms with E-state index in [1.54, 1.807) is 0 Å². The molecule has 0 spiro atoms. The Kier molecular flexibility index (Phi) is 11.8. The molecule has 0 aliphatic carbocycles. The fourth-order valence-corrected chi connectivity index (χ4v) is 2.03. The van der Waals surface area contributed by atoms with Crippen LogP contribution in [0.15, 0.2) is 0 Å². The van der Waals surface area contributed by atoms with Crippen LogP contribution >= 0.6 is 11.6 Å². The van der Waals surface area contributed by atoms with E-state index >= 15 is 0 Å². The monoisotopic (exact) mass is 260 g/mol. The average Bonchev–Trinajstić information content (AvgIpc) is 2.26. The van der Waals surface area contributed by atoms with Gasteiger partial charge in [-0.05, 0) is 18.0 Å². The van der Waals surface area contributed by atoms with Crippen molar-refractivity contribution in [1.29, 1.82) is 0 Å². The highest BCUT2D eigenvalue weighted by Crippen LogP contribution is 2.11. The lowest BCUT2D eigenvalue weighted by Gasteiger charge is -2.01. The predicted octanol–water partition coefficient (Wildman–Crippen LogP) is 4.63. The third-order valence-electron chi connectivity index (χ3n) is 2.90. The third-order valence-corrected chi connectivity index (χ3v) is 3.03. The molecule has 0 radical (unpaired) electrons. The first kappa shape index (κ1) is 16.6. The van der Waals surface area contributed by atoms with Crippen LogP contribution in [0.5, 0.6) is 0 Å². The molecule has 0 amide bonds. The van der Waals surface area contributed by atoms with Crippen molar-refractivity contribution < 1.29 is 9.59 Å². The largest absolute Gasteiger partial charge is 0.299 e. The summed E-state index contributed by atoms with van der Waals surface area (Å²) in [4.78, 5) is 21.6. The molecule has 0 aromatic heterocycles. The first-order valence-corrected chi connectivity index (χ1v) is 7.24.